The maximum Gasteiger partial charge on any atom is 0.375 e. The molecule has 2 aromatic carbocycles. The average Bonchev–Trinajstić information content (AvgIpc) is 3.07. The highest BCUT2D eigenvalue weighted by atomic mass is 19.1. The lowest BCUT2D eigenvalue weighted by Crippen LogP contribution is -2.30. The fraction of sp³-hybridized carbons (Fsp3) is 0.238. The van der Waals surface area contributed by atoms with Gasteiger partial charge in [-0.1, -0.05) is 18.2 Å². The average molecular weight is 403 g/mol. The highest BCUT2D eigenvalue weighted by Crippen LogP contribution is 2.27. The molecule has 29 heavy (non-hydrogen) atoms. The van der Waals surface area contributed by atoms with E-state index in [-0.39, 0.29) is 18.1 Å². The van der Waals surface area contributed by atoms with Crippen LogP contribution >= 0.6 is 0 Å². The lowest BCUT2D eigenvalue weighted by Gasteiger charge is -2.13. The third-order valence-electron chi connectivity index (χ3n) is 4.18. The minimum absolute atomic E-state index is 0.0627. The number of halogens is 2. The molecule has 0 bridgehead atoms. The molecule has 3 rings (SSSR count). The Morgan fingerprint density at radius 1 is 1.17 bits per heavy atom. The van der Waals surface area contributed by atoms with Gasteiger partial charge >= 0.3 is 5.97 Å². The van der Waals surface area contributed by atoms with Crippen molar-refractivity contribution in [1.82, 2.24) is 0 Å². The zero-order valence-corrected chi connectivity index (χ0v) is 15.8. The van der Waals surface area contributed by atoms with Crippen LogP contribution < -0.4 is 5.32 Å². The monoisotopic (exact) mass is 403 g/mol. The molecule has 1 atom stereocenters. The van der Waals surface area contributed by atoms with E-state index in [2.05, 4.69) is 5.32 Å². The lowest BCUT2D eigenvalue weighted by molar-refractivity contribution is -0.123. The number of fused-ring (bicyclic) bond motifs is 1. The predicted octanol–water partition coefficient (Wildman–Crippen LogP) is 4.43. The van der Waals surface area contributed by atoms with Crippen LogP contribution in [-0.2, 0) is 20.9 Å². The first kappa shape index (κ1) is 20.5. The molecule has 0 saturated carbocycles. The van der Waals surface area contributed by atoms with Crippen molar-refractivity contribution in [3.8, 4) is 0 Å². The Balaban J connectivity index is 1.76. The highest BCUT2D eigenvalue weighted by Gasteiger charge is 2.26. The van der Waals surface area contributed by atoms with Crippen LogP contribution in [0.3, 0.4) is 0 Å². The molecule has 3 aromatic rings. The van der Waals surface area contributed by atoms with Crippen LogP contribution in [0.15, 0.2) is 46.9 Å². The van der Waals surface area contributed by atoms with Gasteiger partial charge in [0.25, 0.3) is 5.91 Å². The van der Waals surface area contributed by atoms with Crippen LogP contribution in [0.2, 0.25) is 0 Å². The summed E-state index contributed by atoms with van der Waals surface area (Å²) < 4.78 is 42.9. The molecule has 1 N–H and O–H groups in total. The summed E-state index contributed by atoms with van der Waals surface area (Å²) in [4.78, 5) is 24.8. The Bertz CT molecular complexity index is 1050. The van der Waals surface area contributed by atoms with Crippen LogP contribution in [-0.4, -0.2) is 24.6 Å². The molecule has 0 aliphatic heterocycles. The van der Waals surface area contributed by atoms with E-state index >= 15 is 0 Å². The number of nitrogens with one attached hydrogen (secondary N) is 1. The fourth-order valence-corrected chi connectivity index (χ4v) is 2.70. The number of furan rings is 1. The molecular formula is C21H19F2NO5. The first-order valence-corrected chi connectivity index (χ1v) is 8.95. The maximum absolute atomic E-state index is 13.7. The summed E-state index contributed by atoms with van der Waals surface area (Å²) in [5.41, 5.74) is 0.782. The minimum atomic E-state index is -1.25. The number of benzene rings is 2. The van der Waals surface area contributed by atoms with Crippen molar-refractivity contribution in [3.63, 3.8) is 0 Å². The number of anilines is 1. The van der Waals surface area contributed by atoms with Crippen LogP contribution in [0, 0.1) is 11.6 Å². The number of ether oxygens (including phenoxy) is 2. The van der Waals surface area contributed by atoms with Gasteiger partial charge in [-0.25, -0.2) is 13.6 Å². The third-order valence-corrected chi connectivity index (χ3v) is 4.18. The van der Waals surface area contributed by atoms with Gasteiger partial charge in [-0.15, -0.1) is 0 Å². The summed E-state index contributed by atoms with van der Waals surface area (Å²) in [7, 11) is 0. The third kappa shape index (κ3) is 4.60. The standard InChI is InChI=1S/C21H19F2NO5/c1-3-27-11-15-14-6-4-5-7-18(14)29-19(15)21(26)28-12(2)20(25)24-17-9-8-13(22)10-16(17)23/h4-10,12H,3,11H2,1-2H3,(H,24,25)/t12-/m1/s1. The van der Waals surface area contributed by atoms with Crippen molar-refractivity contribution in [2.75, 3.05) is 11.9 Å². The number of rotatable bonds is 7. The molecule has 0 spiro atoms. The van der Waals surface area contributed by atoms with Crippen molar-refractivity contribution in [3.05, 3.63) is 65.4 Å². The van der Waals surface area contributed by atoms with Gasteiger partial charge in [0.1, 0.15) is 17.2 Å². The zero-order valence-electron chi connectivity index (χ0n) is 15.8. The summed E-state index contributed by atoms with van der Waals surface area (Å²) >= 11 is 0. The Kier molecular flexibility index (Phi) is 6.23. The van der Waals surface area contributed by atoms with Crippen LogP contribution in [0.25, 0.3) is 11.0 Å². The molecule has 6 nitrogen and oxygen atoms in total. The fourth-order valence-electron chi connectivity index (χ4n) is 2.70. The number of hydrogen-bond donors (Lipinski definition) is 1. The number of para-hydroxylation sites is 1. The van der Waals surface area contributed by atoms with Crippen LogP contribution in [0.4, 0.5) is 14.5 Å². The summed E-state index contributed by atoms with van der Waals surface area (Å²) in [5.74, 6) is -3.39. The van der Waals surface area contributed by atoms with Gasteiger partial charge in [-0.2, -0.15) is 0 Å². The largest absolute Gasteiger partial charge is 0.449 e. The number of carbonyl (C=O) groups excluding carboxylic acids is 2. The second kappa shape index (κ2) is 8.83. The van der Waals surface area contributed by atoms with E-state index < -0.39 is 29.6 Å². The molecule has 1 aromatic heterocycles. The molecule has 0 aliphatic carbocycles. The van der Waals surface area contributed by atoms with Crippen LogP contribution in [0.1, 0.15) is 30.0 Å². The SMILES string of the molecule is CCOCc1c(C(=O)O[C@H](C)C(=O)Nc2ccc(F)cc2F)oc2ccccc12. The summed E-state index contributed by atoms with van der Waals surface area (Å²) in [6.45, 7) is 3.73. The van der Waals surface area contributed by atoms with Gasteiger partial charge in [0, 0.05) is 23.6 Å². The van der Waals surface area contributed by atoms with Gasteiger partial charge in [0.2, 0.25) is 5.76 Å². The van der Waals surface area contributed by atoms with Crippen molar-refractivity contribution in [1.29, 1.82) is 0 Å². The van der Waals surface area contributed by atoms with Gasteiger partial charge in [0.05, 0.1) is 12.3 Å². The molecule has 152 valence electrons. The van der Waals surface area contributed by atoms with Gasteiger partial charge in [-0.05, 0) is 32.0 Å². The normalized spacial score (nSPS) is 12.0. The van der Waals surface area contributed by atoms with Gasteiger partial charge in [0.15, 0.2) is 6.10 Å². The van der Waals surface area contributed by atoms with Gasteiger partial charge in [-0.3, -0.25) is 4.79 Å². The Morgan fingerprint density at radius 3 is 2.66 bits per heavy atom. The molecule has 1 amide bonds. The molecule has 0 radical (unpaired) electrons. The van der Waals surface area contributed by atoms with E-state index in [9.17, 15) is 18.4 Å². The van der Waals surface area contributed by atoms with Crippen molar-refractivity contribution in [2.45, 2.75) is 26.6 Å². The number of hydrogen-bond acceptors (Lipinski definition) is 5. The Labute approximate surface area is 165 Å². The first-order valence-electron chi connectivity index (χ1n) is 8.95. The second-order valence-corrected chi connectivity index (χ2v) is 6.20. The molecule has 0 unspecified atom stereocenters. The number of amides is 1. The van der Waals surface area contributed by atoms with E-state index in [1.807, 2.05) is 6.92 Å². The molecule has 0 fully saturated rings. The summed E-state index contributed by atoms with van der Waals surface area (Å²) in [5, 5.41) is 2.96. The molecule has 0 aliphatic rings. The van der Waals surface area contributed by atoms with E-state index in [0.29, 0.717) is 29.2 Å². The quantitative estimate of drug-likeness (QED) is 0.591. The summed E-state index contributed by atoms with van der Waals surface area (Å²) in [6.07, 6.45) is -1.25. The van der Waals surface area contributed by atoms with Crippen LogP contribution in [0.5, 0.6) is 0 Å². The van der Waals surface area contributed by atoms with Gasteiger partial charge < -0.3 is 19.2 Å². The highest BCUT2D eigenvalue weighted by molar-refractivity contribution is 5.99. The van der Waals surface area contributed by atoms with Crippen molar-refractivity contribution < 1.29 is 32.3 Å². The second-order valence-electron chi connectivity index (χ2n) is 6.20. The summed E-state index contributed by atoms with van der Waals surface area (Å²) in [6, 6.07) is 9.78. The number of esters is 1. The number of carbonyl (C=O) groups is 2. The minimum Gasteiger partial charge on any atom is -0.449 e. The lowest BCUT2D eigenvalue weighted by atomic mass is 10.1. The molecule has 1 heterocycles. The van der Waals surface area contributed by atoms with E-state index in [4.69, 9.17) is 13.9 Å². The molecule has 0 saturated heterocycles. The maximum atomic E-state index is 13.7. The molecular weight excluding hydrogens is 384 g/mol. The van der Waals surface area contributed by atoms with E-state index in [1.165, 1.54) is 6.92 Å². The Hall–Kier alpha value is -3.26. The Morgan fingerprint density at radius 2 is 1.93 bits per heavy atom. The smallest absolute Gasteiger partial charge is 0.375 e. The van der Waals surface area contributed by atoms with Crippen molar-refractivity contribution in [2.24, 2.45) is 0 Å². The van der Waals surface area contributed by atoms with E-state index in [0.717, 1.165) is 12.1 Å². The zero-order chi connectivity index (χ0) is 21.0. The predicted molar refractivity (Wildman–Crippen MR) is 101 cm³/mol. The topological polar surface area (TPSA) is 77.8 Å². The first-order chi connectivity index (χ1) is 13.9. The molecule has 8 heteroatoms. The van der Waals surface area contributed by atoms with E-state index in [1.54, 1.807) is 24.3 Å². The van der Waals surface area contributed by atoms with Crippen molar-refractivity contribution >= 4 is 28.5 Å².